The number of hydrogen-bond acceptors (Lipinski definition) is 6. The number of halogens is 1. The van der Waals surface area contributed by atoms with Crippen LogP contribution < -0.4 is 10.5 Å². The summed E-state index contributed by atoms with van der Waals surface area (Å²) >= 11 is 0. The van der Waals surface area contributed by atoms with Crippen LogP contribution in [-0.4, -0.2) is 50.7 Å². The van der Waals surface area contributed by atoms with Gasteiger partial charge in [0.25, 0.3) is 0 Å². The molecular formula is C24H27FN6O. The summed E-state index contributed by atoms with van der Waals surface area (Å²) in [7, 11) is 0. The van der Waals surface area contributed by atoms with E-state index in [9.17, 15) is 4.39 Å². The van der Waals surface area contributed by atoms with Gasteiger partial charge in [0.15, 0.2) is 23.0 Å². The van der Waals surface area contributed by atoms with E-state index in [0.29, 0.717) is 34.9 Å². The van der Waals surface area contributed by atoms with Crippen LogP contribution in [0, 0.1) is 11.7 Å². The minimum atomic E-state index is -0.390. The quantitative estimate of drug-likeness (QED) is 0.497. The Labute approximate surface area is 186 Å². The molecule has 0 bridgehead atoms. The molecule has 4 aromatic rings. The molecule has 1 saturated heterocycles. The van der Waals surface area contributed by atoms with Crippen molar-refractivity contribution < 1.29 is 9.13 Å². The van der Waals surface area contributed by atoms with E-state index in [2.05, 4.69) is 34.3 Å². The van der Waals surface area contributed by atoms with E-state index >= 15 is 0 Å². The van der Waals surface area contributed by atoms with Crippen LogP contribution in [0.25, 0.3) is 28.1 Å². The molecule has 5 rings (SSSR count). The molecule has 7 nitrogen and oxygen atoms in total. The largest absolute Gasteiger partial charge is 0.491 e. The Morgan fingerprint density at radius 1 is 1.22 bits per heavy atom. The Bertz CT molecular complexity index is 1270. The van der Waals surface area contributed by atoms with Crippen LogP contribution >= 0.6 is 0 Å². The minimum absolute atomic E-state index is 0.202. The first kappa shape index (κ1) is 20.8. The molecule has 2 N–H and O–H groups in total. The summed E-state index contributed by atoms with van der Waals surface area (Å²) in [4.78, 5) is 7.20. The standard InChI is InChI=1S/C24H27FN6O/c1-3-32-22-11-21-17(10-19(22)25)4-6-20(27-21)24-29-28-23-7-5-18(14-31(23)24)15(2)30-9-8-16(12-26)13-30/h4-7,10-11,14-16H,3,8-9,12-13,26H2,1-2H3/t15-,16-/m1/s1. The molecule has 1 aliphatic heterocycles. The SMILES string of the molecule is CCOc1cc2nc(-c3nnc4ccc([C@@H](C)N5CC[C@H](CN)C5)cn34)ccc2cc1F. The minimum Gasteiger partial charge on any atom is -0.491 e. The van der Waals surface area contributed by atoms with Gasteiger partial charge in [-0.2, -0.15) is 0 Å². The predicted octanol–water partition coefficient (Wildman–Crippen LogP) is 3.82. The molecular weight excluding hydrogens is 407 g/mol. The van der Waals surface area contributed by atoms with Crippen LogP contribution in [-0.2, 0) is 0 Å². The molecule has 8 heteroatoms. The third-order valence-corrected chi connectivity index (χ3v) is 6.38. The molecule has 0 saturated carbocycles. The molecule has 166 valence electrons. The lowest BCUT2D eigenvalue weighted by molar-refractivity contribution is 0.253. The molecule has 0 aliphatic carbocycles. The molecule has 0 unspecified atom stereocenters. The second-order valence-corrected chi connectivity index (χ2v) is 8.38. The summed E-state index contributed by atoms with van der Waals surface area (Å²) in [6, 6.07) is 11.1. The van der Waals surface area contributed by atoms with E-state index < -0.39 is 0 Å². The van der Waals surface area contributed by atoms with Crippen molar-refractivity contribution >= 4 is 16.6 Å². The maximum Gasteiger partial charge on any atom is 0.187 e. The molecule has 0 radical (unpaired) electrons. The van der Waals surface area contributed by atoms with Gasteiger partial charge in [-0.15, -0.1) is 10.2 Å². The highest BCUT2D eigenvalue weighted by Gasteiger charge is 2.26. The lowest BCUT2D eigenvalue weighted by Gasteiger charge is -2.24. The fraction of sp³-hybridized carbons (Fsp3) is 0.375. The van der Waals surface area contributed by atoms with Crippen LogP contribution in [0.1, 0.15) is 31.9 Å². The first-order valence-corrected chi connectivity index (χ1v) is 11.1. The molecule has 2 atom stereocenters. The van der Waals surface area contributed by atoms with E-state index in [4.69, 9.17) is 15.5 Å². The van der Waals surface area contributed by atoms with E-state index in [1.54, 1.807) is 6.07 Å². The summed E-state index contributed by atoms with van der Waals surface area (Å²) in [5.41, 5.74) is 9.15. The highest BCUT2D eigenvalue weighted by Crippen LogP contribution is 2.29. The Kier molecular flexibility index (Phi) is 5.48. The van der Waals surface area contributed by atoms with Crippen molar-refractivity contribution in [3.63, 3.8) is 0 Å². The fourth-order valence-electron chi connectivity index (χ4n) is 4.46. The molecule has 1 fully saturated rings. The van der Waals surface area contributed by atoms with E-state index in [0.717, 1.165) is 31.7 Å². The second kappa shape index (κ2) is 8.44. The summed E-state index contributed by atoms with van der Waals surface area (Å²) in [6.45, 7) is 7.26. The van der Waals surface area contributed by atoms with Crippen molar-refractivity contribution in [1.29, 1.82) is 0 Å². The van der Waals surface area contributed by atoms with Gasteiger partial charge in [-0.25, -0.2) is 9.37 Å². The van der Waals surface area contributed by atoms with Gasteiger partial charge in [-0.3, -0.25) is 9.30 Å². The zero-order valence-electron chi connectivity index (χ0n) is 18.3. The summed E-state index contributed by atoms with van der Waals surface area (Å²) < 4.78 is 21.6. The maximum absolute atomic E-state index is 14.2. The average Bonchev–Trinajstić information content (AvgIpc) is 3.46. The van der Waals surface area contributed by atoms with Crippen LogP contribution in [0.2, 0.25) is 0 Å². The number of hydrogen-bond donors (Lipinski definition) is 1. The van der Waals surface area contributed by atoms with E-state index in [-0.39, 0.29) is 17.6 Å². The van der Waals surface area contributed by atoms with Gasteiger partial charge >= 0.3 is 0 Å². The first-order chi connectivity index (χ1) is 15.6. The van der Waals surface area contributed by atoms with Gasteiger partial charge in [0.05, 0.1) is 12.1 Å². The molecule has 32 heavy (non-hydrogen) atoms. The van der Waals surface area contributed by atoms with Gasteiger partial charge in [0.2, 0.25) is 0 Å². The normalized spacial score (nSPS) is 17.9. The van der Waals surface area contributed by atoms with Gasteiger partial charge in [-0.1, -0.05) is 12.1 Å². The maximum atomic E-state index is 14.2. The fourth-order valence-corrected chi connectivity index (χ4v) is 4.46. The Morgan fingerprint density at radius 3 is 2.88 bits per heavy atom. The number of fused-ring (bicyclic) bond motifs is 2. The average molecular weight is 435 g/mol. The zero-order valence-corrected chi connectivity index (χ0v) is 18.3. The molecule has 1 aliphatic rings. The van der Waals surface area contributed by atoms with Crippen molar-refractivity contribution in [2.75, 3.05) is 26.2 Å². The number of pyridine rings is 2. The molecule has 3 aromatic heterocycles. The number of rotatable bonds is 6. The van der Waals surface area contributed by atoms with Crippen LogP contribution in [0.15, 0.2) is 42.6 Å². The van der Waals surface area contributed by atoms with Gasteiger partial charge in [0, 0.05) is 30.2 Å². The Hall–Kier alpha value is -3.10. The molecule has 1 aromatic carbocycles. The topological polar surface area (TPSA) is 81.6 Å². The zero-order chi connectivity index (χ0) is 22.2. The summed E-state index contributed by atoms with van der Waals surface area (Å²) in [5.74, 6) is 1.03. The van der Waals surface area contributed by atoms with Crippen molar-refractivity contribution in [2.24, 2.45) is 11.7 Å². The van der Waals surface area contributed by atoms with Crippen LogP contribution in [0.3, 0.4) is 0 Å². The van der Waals surface area contributed by atoms with Crippen LogP contribution in [0.4, 0.5) is 4.39 Å². The lowest BCUT2D eigenvalue weighted by Crippen LogP contribution is -2.26. The van der Waals surface area contributed by atoms with Gasteiger partial charge in [0.1, 0.15) is 5.69 Å². The number of aromatic nitrogens is 4. The number of likely N-dealkylation sites (tertiary alicyclic amines) is 1. The first-order valence-electron chi connectivity index (χ1n) is 11.1. The van der Waals surface area contributed by atoms with Crippen molar-refractivity contribution in [3.05, 3.63) is 54.0 Å². The second-order valence-electron chi connectivity index (χ2n) is 8.38. The number of nitrogens with two attached hydrogens (primary N) is 1. The number of nitrogens with zero attached hydrogens (tertiary/aromatic N) is 5. The Balaban J connectivity index is 1.52. The smallest absolute Gasteiger partial charge is 0.187 e. The summed E-state index contributed by atoms with van der Waals surface area (Å²) in [5, 5.41) is 9.41. The van der Waals surface area contributed by atoms with E-state index in [1.807, 2.05) is 29.5 Å². The molecule has 4 heterocycles. The van der Waals surface area contributed by atoms with Crippen molar-refractivity contribution in [2.45, 2.75) is 26.3 Å². The van der Waals surface area contributed by atoms with Gasteiger partial charge < -0.3 is 10.5 Å². The van der Waals surface area contributed by atoms with Crippen molar-refractivity contribution in [1.82, 2.24) is 24.5 Å². The highest BCUT2D eigenvalue weighted by atomic mass is 19.1. The van der Waals surface area contributed by atoms with Gasteiger partial charge in [-0.05, 0) is 63.0 Å². The summed E-state index contributed by atoms with van der Waals surface area (Å²) in [6.07, 6.45) is 3.24. The van der Waals surface area contributed by atoms with E-state index in [1.165, 1.54) is 11.6 Å². The Morgan fingerprint density at radius 2 is 2.09 bits per heavy atom. The third kappa shape index (κ3) is 3.69. The highest BCUT2D eigenvalue weighted by molar-refractivity contribution is 5.82. The predicted molar refractivity (Wildman–Crippen MR) is 122 cm³/mol. The van der Waals surface area contributed by atoms with Crippen LogP contribution in [0.5, 0.6) is 5.75 Å². The molecule has 0 amide bonds. The number of ether oxygens (including phenoxy) is 1. The monoisotopic (exact) mass is 434 g/mol. The van der Waals surface area contributed by atoms with Crippen molar-refractivity contribution in [3.8, 4) is 17.3 Å². The number of benzene rings is 1. The lowest BCUT2D eigenvalue weighted by atomic mass is 10.1. The molecule has 0 spiro atoms. The third-order valence-electron chi connectivity index (χ3n) is 6.38.